The van der Waals surface area contributed by atoms with Gasteiger partial charge in [0.2, 0.25) is 0 Å². The lowest BCUT2D eigenvalue weighted by Gasteiger charge is -2.41. The molecular formula is C21H22FN3OS. The zero-order chi connectivity index (χ0) is 18.8. The lowest BCUT2D eigenvalue weighted by molar-refractivity contribution is 0.0964. The fraction of sp³-hybridized carbons (Fsp3) is 0.381. The van der Waals surface area contributed by atoms with Crippen molar-refractivity contribution in [1.82, 2.24) is 15.2 Å². The maximum Gasteiger partial charge on any atom is 0.257 e. The number of benzene rings is 1. The molecule has 4 rings (SSSR count). The number of pyridine rings is 1. The smallest absolute Gasteiger partial charge is 0.257 e. The van der Waals surface area contributed by atoms with E-state index in [2.05, 4.69) is 21.3 Å². The number of hydrogen-bond acceptors (Lipinski definition) is 3. The Morgan fingerprint density at radius 1 is 1.11 bits per heavy atom. The Kier molecular flexibility index (Phi) is 5.16. The van der Waals surface area contributed by atoms with Crippen molar-refractivity contribution in [3.63, 3.8) is 0 Å². The highest BCUT2D eigenvalue weighted by atomic mass is 32.1. The van der Waals surface area contributed by atoms with Gasteiger partial charge in [-0.05, 0) is 85.6 Å². The van der Waals surface area contributed by atoms with Crippen molar-refractivity contribution in [1.29, 1.82) is 0 Å². The third-order valence-electron chi connectivity index (χ3n) is 5.56. The van der Waals surface area contributed by atoms with Gasteiger partial charge in [-0.25, -0.2) is 4.39 Å². The molecule has 2 atom stereocenters. The number of piperidine rings is 1. The number of hydrogen-bond donors (Lipinski definition) is 1. The van der Waals surface area contributed by atoms with E-state index in [0.29, 0.717) is 16.6 Å². The summed E-state index contributed by atoms with van der Waals surface area (Å²) in [6.07, 6.45) is 8.40. The minimum absolute atomic E-state index is 0.120. The maximum atomic E-state index is 13.1. The van der Waals surface area contributed by atoms with Crippen molar-refractivity contribution in [2.75, 3.05) is 6.54 Å². The van der Waals surface area contributed by atoms with Gasteiger partial charge in [0.1, 0.15) is 5.82 Å². The van der Waals surface area contributed by atoms with Gasteiger partial charge in [-0.15, -0.1) is 0 Å². The van der Waals surface area contributed by atoms with E-state index in [4.69, 9.17) is 12.2 Å². The summed E-state index contributed by atoms with van der Waals surface area (Å²) in [4.78, 5) is 18.9. The Hall–Kier alpha value is -2.34. The first-order chi connectivity index (χ1) is 13.1. The first-order valence-corrected chi connectivity index (χ1v) is 9.80. The molecular weight excluding hydrogens is 361 g/mol. The average Bonchev–Trinajstić information content (AvgIpc) is 3.54. The fourth-order valence-electron chi connectivity index (χ4n) is 3.94. The highest BCUT2D eigenvalue weighted by molar-refractivity contribution is 7.80. The third-order valence-corrected chi connectivity index (χ3v) is 5.90. The second-order valence-electron chi connectivity index (χ2n) is 7.40. The number of carbonyl (C=O) groups is 1. The normalized spacial score (nSPS) is 22.3. The SMILES string of the molecule is O=C(NC(=S)N1CC(C2CC2)CCC1c1cccnc1)c1ccc(F)cc1. The first-order valence-electron chi connectivity index (χ1n) is 9.39. The summed E-state index contributed by atoms with van der Waals surface area (Å²) in [5, 5.41) is 3.27. The van der Waals surface area contributed by atoms with Crippen LogP contribution in [0.3, 0.4) is 0 Å². The summed E-state index contributed by atoms with van der Waals surface area (Å²) in [7, 11) is 0. The van der Waals surface area contributed by atoms with Crippen LogP contribution >= 0.6 is 12.2 Å². The molecule has 2 aromatic rings. The number of thiocarbonyl (C=S) groups is 1. The second-order valence-corrected chi connectivity index (χ2v) is 7.78. The standard InChI is InChI=1S/C21H22FN3OS/c22-18-8-5-15(6-9-18)20(26)24-21(27)25-13-17(14-3-4-14)7-10-19(25)16-2-1-11-23-12-16/h1-2,5-6,8-9,11-12,14,17,19H,3-4,7,10,13H2,(H,24,26,27). The van der Waals surface area contributed by atoms with Crippen LogP contribution in [0.15, 0.2) is 48.8 Å². The van der Waals surface area contributed by atoms with Gasteiger partial charge in [-0.3, -0.25) is 15.1 Å². The molecule has 1 aromatic heterocycles. The number of likely N-dealkylation sites (tertiary alicyclic amines) is 1. The number of aromatic nitrogens is 1. The molecule has 1 amide bonds. The Morgan fingerprint density at radius 2 is 1.85 bits per heavy atom. The topological polar surface area (TPSA) is 45.2 Å². The minimum atomic E-state index is -0.367. The van der Waals surface area contributed by atoms with E-state index in [9.17, 15) is 9.18 Å². The number of carbonyl (C=O) groups excluding carboxylic acids is 1. The molecule has 2 heterocycles. The number of amides is 1. The van der Waals surface area contributed by atoms with Crippen LogP contribution in [0.1, 0.15) is 47.6 Å². The highest BCUT2D eigenvalue weighted by Crippen LogP contribution is 2.44. The molecule has 140 valence electrons. The molecule has 2 unspecified atom stereocenters. The summed E-state index contributed by atoms with van der Waals surface area (Å²) in [6, 6.07) is 9.60. The van der Waals surface area contributed by atoms with E-state index < -0.39 is 0 Å². The van der Waals surface area contributed by atoms with E-state index in [1.165, 1.54) is 43.5 Å². The minimum Gasteiger partial charge on any atom is -0.342 e. The molecule has 0 bridgehead atoms. The van der Waals surface area contributed by atoms with E-state index in [-0.39, 0.29) is 17.8 Å². The highest BCUT2D eigenvalue weighted by Gasteiger charge is 2.39. The molecule has 0 radical (unpaired) electrons. The summed E-state index contributed by atoms with van der Waals surface area (Å²) >= 11 is 5.61. The molecule has 1 aliphatic heterocycles. The van der Waals surface area contributed by atoms with Crippen molar-refractivity contribution in [2.24, 2.45) is 11.8 Å². The molecule has 1 N–H and O–H groups in total. The summed E-state index contributed by atoms with van der Waals surface area (Å²) in [6.45, 7) is 0.854. The van der Waals surface area contributed by atoms with Gasteiger partial charge >= 0.3 is 0 Å². The number of nitrogens with zero attached hydrogens (tertiary/aromatic N) is 2. The van der Waals surface area contributed by atoms with Crippen LogP contribution in [0.4, 0.5) is 4.39 Å². The lowest BCUT2D eigenvalue weighted by Crippen LogP contribution is -2.49. The van der Waals surface area contributed by atoms with Gasteiger partial charge in [-0.1, -0.05) is 6.07 Å². The van der Waals surface area contributed by atoms with Gasteiger partial charge in [0, 0.05) is 24.5 Å². The van der Waals surface area contributed by atoms with Gasteiger partial charge in [0.05, 0.1) is 6.04 Å². The molecule has 2 fully saturated rings. The van der Waals surface area contributed by atoms with Gasteiger partial charge in [0.15, 0.2) is 5.11 Å². The zero-order valence-electron chi connectivity index (χ0n) is 15.0. The van der Waals surface area contributed by atoms with Crippen LogP contribution in [-0.4, -0.2) is 27.4 Å². The quantitative estimate of drug-likeness (QED) is 0.811. The van der Waals surface area contributed by atoms with Gasteiger partial charge in [0.25, 0.3) is 5.91 Å². The van der Waals surface area contributed by atoms with Crippen LogP contribution < -0.4 is 5.32 Å². The van der Waals surface area contributed by atoms with Crippen LogP contribution in [0.2, 0.25) is 0 Å². The van der Waals surface area contributed by atoms with E-state index >= 15 is 0 Å². The van der Waals surface area contributed by atoms with Crippen molar-refractivity contribution in [3.05, 3.63) is 65.7 Å². The van der Waals surface area contributed by atoms with Gasteiger partial charge in [-0.2, -0.15) is 0 Å². The molecule has 6 heteroatoms. The molecule has 27 heavy (non-hydrogen) atoms. The fourth-order valence-corrected chi connectivity index (χ4v) is 4.23. The van der Waals surface area contributed by atoms with Crippen LogP contribution in [-0.2, 0) is 0 Å². The largest absolute Gasteiger partial charge is 0.342 e. The average molecular weight is 383 g/mol. The number of nitrogens with one attached hydrogen (secondary N) is 1. The van der Waals surface area contributed by atoms with Crippen molar-refractivity contribution < 1.29 is 9.18 Å². The van der Waals surface area contributed by atoms with Gasteiger partial charge < -0.3 is 4.90 Å². The molecule has 1 aromatic carbocycles. The van der Waals surface area contributed by atoms with Crippen molar-refractivity contribution in [2.45, 2.75) is 31.7 Å². The molecule has 1 saturated carbocycles. The van der Waals surface area contributed by atoms with Crippen LogP contribution in [0.5, 0.6) is 0 Å². The summed E-state index contributed by atoms with van der Waals surface area (Å²) < 4.78 is 13.1. The Morgan fingerprint density at radius 3 is 2.52 bits per heavy atom. The second kappa shape index (κ2) is 7.72. The third kappa shape index (κ3) is 4.16. The zero-order valence-corrected chi connectivity index (χ0v) is 15.8. The van der Waals surface area contributed by atoms with E-state index in [0.717, 1.165) is 24.4 Å². The Labute approximate surface area is 163 Å². The monoisotopic (exact) mass is 383 g/mol. The molecule has 4 nitrogen and oxygen atoms in total. The lowest BCUT2D eigenvalue weighted by atomic mass is 9.87. The Bertz CT molecular complexity index is 823. The van der Waals surface area contributed by atoms with Crippen molar-refractivity contribution in [3.8, 4) is 0 Å². The molecule has 1 aliphatic carbocycles. The summed E-state index contributed by atoms with van der Waals surface area (Å²) in [5.74, 6) is 0.740. The van der Waals surface area contributed by atoms with Crippen molar-refractivity contribution >= 4 is 23.2 Å². The molecule has 0 spiro atoms. The van der Waals surface area contributed by atoms with E-state index in [1.54, 1.807) is 6.20 Å². The summed E-state index contributed by atoms with van der Waals surface area (Å²) in [5.41, 5.74) is 1.51. The maximum absolute atomic E-state index is 13.1. The number of halogens is 1. The predicted octanol–water partition coefficient (Wildman–Crippen LogP) is 4.10. The Balaban J connectivity index is 1.51. The van der Waals surface area contributed by atoms with Crippen LogP contribution in [0, 0.1) is 17.7 Å². The van der Waals surface area contributed by atoms with E-state index in [1.807, 2.05) is 12.3 Å². The molecule has 1 saturated heterocycles. The number of rotatable bonds is 3. The first kappa shape index (κ1) is 18.0. The predicted molar refractivity (Wildman–Crippen MR) is 106 cm³/mol. The van der Waals surface area contributed by atoms with Crippen LogP contribution in [0.25, 0.3) is 0 Å². The molecule has 2 aliphatic rings.